The molecule has 0 saturated carbocycles. The number of aryl methyl sites for hydroxylation is 1. The summed E-state index contributed by atoms with van der Waals surface area (Å²) in [6.07, 6.45) is 0.486. The maximum absolute atomic E-state index is 12.4. The van der Waals surface area contributed by atoms with Crippen molar-refractivity contribution < 1.29 is 17.9 Å². The lowest BCUT2D eigenvalue weighted by atomic mass is 10.2. The summed E-state index contributed by atoms with van der Waals surface area (Å²) in [5.74, 6) is 0.413. The molecule has 23 heavy (non-hydrogen) atoms. The molecule has 0 aromatic heterocycles. The van der Waals surface area contributed by atoms with Crippen molar-refractivity contribution in [2.45, 2.75) is 26.3 Å². The van der Waals surface area contributed by atoms with Crippen LogP contribution in [-0.4, -0.2) is 49.9 Å². The number of ether oxygens (including phenoxy) is 1. The molecule has 0 radical (unpaired) electrons. The van der Waals surface area contributed by atoms with Crippen LogP contribution in [0.2, 0.25) is 5.02 Å². The molecule has 128 valence electrons. The number of amides is 1. The molecule has 2 rings (SSSR count). The predicted molar refractivity (Wildman–Crippen MR) is 93.8 cm³/mol. The van der Waals surface area contributed by atoms with E-state index in [-0.39, 0.29) is 30.1 Å². The Bertz CT molecular complexity index is 684. The summed E-state index contributed by atoms with van der Waals surface area (Å²) < 4.78 is 29.6. The predicted octanol–water partition coefficient (Wildman–Crippen LogP) is 2.83. The highest BCUT2D eigenvalue weighted by Crippen LogP contribution is 2.32. The minimum atomic E-state index is -3.03. The lowest BCUT2D eigenvalue weighted by Crippen LogP contribution is -2.43. The van der Waals surface area contributed by atoms with Gasteiger partial charge in [-0.15, -0.1) is 0 Å². The van der Waals surface area contributed by atoms with Crippen LogP contribution in [0.4, 0.5) is 0 Å². The van der Waals surface area contributed by atoms with Crippen LogP contribution in [0.15, 0.2) is 16.6 Å². The molecular formula is C15H19BrClNO4S. The number of likely N-dealkylation sites (N-methyl/N-ethyl adjacent to an activating group) is 1. The van der Waals surface area contributed by atoms with E-state index in [1.54, 1.807) is 11.0 Å². The third-order valence-corrected chi connectivity index (χ3v) is 6.33. The largest absolute Gasteiger partial charge is 0.482 e. The first kappa shape index (κ1) is 18.5. The fourth-order valence-electron chi connectivity index (χ4n) is 2.75. The Morgan fingerprint density at radius 2 is 2.17 bits per heavy atom. The van der Waals surface area contributed by atoms with Crippen LogP contribution in [0.25, 0.3) is 0 Å². The van der Waals surface area contributed by atoms with Crippen molar-refractivity contribution >= 4 is 43.3 Å². The van der Waals surface area contributed by atoms with E-state index in [1.807, 2.05) is 19.9 Å². The second-order valence-corrected chi connectivity index (χ2v) is 9.11. The SMILES string of the molecule is CCN(C(=O)COc1c(C)cc(Br)cc1Cl)C1CCS(=O)(=O)C1. The molecule has 0 N–H and O–H groups in total. The molecule has 0 spiro atoms. The van der Waals surface area contributed by atoms with E-state index >= 15 is 0 Å². The molecule has 5 nitrogen and oxygen atoms in total. The summed E-state index contributed by atoms with van der Waals surface area (Å²) in [5, 5.41) is 0.427. The van der Waals surface area contributed by atoms with E-state index in [1.165, 1.54) is 0 Å². The minimum absolute atomic E-state index is 0.0324. The molecule has 1 fully saturated rings. The van der Waals surface area contributed by atoms with E-state index in [4.69, 9.17) is 16.3 Å². The quantitative estimate of drug-likeness (QED) is 0.729. The second kappa shape index (κ2) is 7.40. The number of carbonyl (C=O) groups is 1. The first-order valence-electron chi connectivity index (χ1n) is 7.32. The number of hydrogen-bond donors (Lipinski definition) is 0. The normalized spacial score (nSPS) is 19.6. The topological polar surface area (TPSA) is 63.7 Å². The Labute approximate surface area is 150 Å². The van der Waals surface area contributed by atoms with Gasteiger partial charge < -0.3 is 9.64 Å². The van der Waals surface area contributed by atoms with Crippen LogP contribution in [0.1, 0.15) is 18.9 Å². The number of benzene rings is 1. The standard InChI is InChI=1S/C15H19BrClNO4S/c1-3-18(12-4-5-23(20,21)9-12)14(19)8-22-15-10(2)6-11(16)7-13(15)17/h6-7,12H,3-5,8-9H2,1-2H3. The van der Waals surface area contributed by atoms with Gasteiger partial charge in [0.25, 0.3) is 5.91 Å². The summed E-state index contributed by atoms with van der Waals surface area (Å²) in [6.45, 7) is 3.97. The molecule has 8 heteroatoms. The van der Waals surface area contributed by atoms with Gasteiger partial charge in [-0.3, -0.25) is 4.79 Å². The Hall–Kier alpha value is -0.790. The fourth-order valence-corrected chi connectivity index (χ4v) is 5.50. The highest BCUT2D eigenvalue weighted by atomic mass is 79.9. The molecule has 1 heterocycles. The number of carbonyl (C=O) groups excluding carboxylic acids is 1. The van der Waals surface area contributed by atoms with Gasteiger partial charge in [-0.2, -0.15) is 0 Å². The van der Waals surface area contributed by atoms with Gasteiger partial charge in [0.05, 0.1) is 16.5 Å². The van der Waals surface area contributed by atoms with Crippen LogP contribution >= 0.6 is 27.5 Å². The molecular weight excluding hydrogens is 406 g/mol. The smallest absolute Gasteiger partial charge is 0.260 e. The minimum Gasteiger partial charge on any atom is -0.482 e. The molecule has 1 atom stereocenters. The zero-order chi connectivity index (χ0) is 17.2. The van der Waals surface area contributed by atoms with Crippen molar-refractivity contribution in [2.24, 2.45) is 0 Å². The number of nitrogens with zero attached hydrogens (tertiary/aromatic N) is 1. The van der Waals surface area contributed by atoms with Crippen molar-refractivity contribution in [1.82, 2.24) is 4.90 Å². The maximum Gasteiger partial charge on any atom is 0.260 e. The molecule has 1 unspecified atom stereocenters. The van der Waals surface area contributed by atoms with Gasteiger partial charge >= 0.3 is 0 Å². The monoisotopic (exact) mass is 423 g/mol. The first-order chi connectivity index (χ1) is 10.7. The van der Waals surface area contributed by atoms with Gasteiger partial charge in [-0.25, -0.2) is 8.42 Å². The third-order valence-electron chi connectivity index (χ3n) is 3.84. The van der Waals surface area contributed by atoms with E-state index < -0.39 is 9.84 Å². The lowest BCUT2D eigenvalue weighted by molar-refractivity contribution is -0.135. The van der Waals surface area contributed by atoms with Gasteiger partial charge in [-0.05, 0) is 38.0 Å². The Morgan fingerprint density at radius 1 is 1.48 bits per heavy atom. The molecule has 1 aliphatic rings. The van der Waals surface area contributed by atoms with Crippen molar-refractivity contribution in [3.63, 3.8) is 0 Å². The number of rotatable bonds is 5. The molecule has 0 aliphatic carbocycles. The molecule has 1 amide bonds. The molecule has 0 bridgehead atoms. The van der Waals surface area contributed by atoms with E-state index in [2.05, 4.69) is 15.9 Å². The Kier molecular flexibility index (Phi) is 5.97. The number of hydrogen-bond acceptors (Lipinski definition) is 4. The van der Waals surface area contributed by atoms with Crippen molar-refractivity contribution in [3.05, 3.63) is 27.2 Å². The van der Waals surface area contributed by atoms with Crippen LogP contribution in [0, 0.1) is 6.92 Å². The number of sulfone groups is 1. The number of halogens is 2. The van der Waals surface area contributed by atoms with Crippen molar-refractivity contribution in [1.29, 1.82) is 0 Å². The molecule has 1 aromatic rings. The lowest BCUT2D eigenvalue weighted by Gasteiger charge is -2.27. The van der Waals surface area contributed by atoms with Gasteiger partial charge in [-0.1, -0.05) is 27.5 Å². The van der Waals surface area contributed by atoms with Crippen LogP contribution in [0.3, 0.4) is 0 Å². The van der Waals surface area contributed by atoms with Gasteiger partial charge in [0.15, 0.2) is 16.4 Å². The van der Waals surface area contributed by atoms with E-state index in [0.29, 0.717) is 23.7 Å². The second-order valence-electron chi connectivity index (χ2n) is 5.56. The maximum atomic E-state index is 12.4. The summed E-state index contributed by atoms with van der Waals surface area (Å²) in [6, 6.07) is 3.30. The average Bonchev–Trinajstić information content (AvgIpc) is 2.78. The van der Waals surface area contributed by atoms with Crippen molar-refractivity contribution in [3.8, 4) is 5.75 Å². The van der Waals surface area contributed by atoms with Crippen LogP contribution in [-0.2, 0) is 14.6 Å². The van der Waals surface area contributed by atoms with Crippen LogP contribution in [0.5, 0.6) is 5.75 Å². The Morgan fingerprint density at radius 3 is 2.70 bits per heavy atom. The molecule has 1 aromatic carbocycles. The zero-order valence-corrected chi connectivity index (χ0v) is 16.2. The Balaban J connectivity index is 2.04. The fraction of sp³-hybridized carbons (Fsp3) is 0.533. The summed E-state index contributed by atoms with van der Waals surface area (Å²) in [4.78, 5) is 14.0. The molecule has 1 saturated heterocycles. The van der Waals surface area contributed by atoms with Gasteiger partial charge in [0, 0.05) is 17.1 Å². The van der Waals surface area contributed by atoms with Gasteiger partial charge in [0.1, 0.15) is 5.75 Å². The van der Waals surface area contributed by atoms with Crippen molar-refractivity contribution in [2.75, 3.05) is 24.7 Å². The van der Waals surface area contributed by atoms with Crippen LogP contribution < -0.4 is 4.74 Å². The summed E-state index contributed by atoms with van der Waals surface area (Å²) >= 11 is 9.48. The third kappa shape index (κ3) is 4.61. The highest BCUT2D eigenvalue weighted by molar-refractivity contribution is 9.10. The average molecular weight is 425 g/mol. The highest BCUT2D eigenvalue weighted by Gasteiger charge is 2.34. The summed E-state index contributed by atoms with van der Waals surface area (Å²) in [5.41, 5.74) is 0.823. The summed E-state index contributed by atoms with van der Waals surface area (Å²) in [7, 11) is -3.03. The molecule has 1 aliphatic heterocycles. The first-order valence-corrected chi connectivity index (χ1v) is 10.3. The zero-order valence-electron chi connectivity index (χ0n) is 13.0. The van der Waals surface area contributed by atoms with E-state index in [9.17, 15) is 13.2 Å². The van der Waals surface area contributed by atoms with Gasteiger partial charge in [0.2, 0.25) is 0 Å². The van der Waals surface area contributed by atoms with E-state index in [0.717, 1.165) is 10.0 Å².